The first-order valence-electron chi connectivity index (χ1n) is 7.07. The quantitative estimate of drug-likeness (QED) is 0.664. The Morgan fingerprint density at radius 3 is 2.71 bits per heavy atom. The summed E-state index contributed by atoms with van der Waals surface area (Å²) in [5.41, 5.74) is 5.41. The molecule has 1 atom stereocenters. The molecule has 1 aliphatic heterocycles. The summed E-state index contributed by atoms with van der Waals surface area (Å²) in [7, 11) is 0. The van der Waals surface area contributed by atoms with Crippen LogP contribution in [0.25, 0.3) is 0 Å². The molecule has 0 unspecified atom stereocenters. The van der Waals surface area contributed by atoms with Crippen molar-refractivity contribution >= 4 is 6.03 Å². The standard InChI is InChI=1S/C16H14F2N2O4/c17-12-2-1-3-13(18)11(12)7-23-9-4-5-10-14(20(22)16(19)21)8-24-15(10)6-9/h1-6,14,22H,7-8H2,(H2,19,21)/t14-/m1/s1. The van der Waals surface area contributed by atoms with E-state index in [0.29, 0.717) is 22.1 Å². The molecule has 0 aliphatic carbocycles. The Morgan fingerprint density at radius 1 is 1.33 bits per heavy atom. The Balaban J connectivity index is 1.75. The summed E-state index contributed by atoms with van der Waals surface area (Å²) >= 11 is 0. The number of carbonyl (C=O) groups excluding carboxylic acids is 1. The number of benzene rings is 2. The number of rotatable bonds is 4. The van der Waals surface area contributed by atoms with Gasteiger partial charge in [0.05, 0.1) is 5.56 Å². The summed E-state index contributed by atoms with van der Waals surface area (Å²) in [6, 6.07) is 6.53. The molecule has 3 rings (SSSR count). The van der Waals surface area contributed by atoms with Crippen molar-refractivity contribution in [1.82, 2.24) is 5.06 Å². The normalized spacial score (nSPS) is 15.5. The lowest BCUT2D eigenvalue weighted by atomic mass is 10.1. The lowest BCUT2D eigenvalue weighted by molar-refractivity contribution is -0.0798. The van der Waals surface area contributed by atoms with Gasteiger partial charge in [-0.3, -0.25) is 5.21 Å². The molecule has 0 saturated carbocycles. The molecule has 2 aromatic carbocycles. The number of amides is 2. The van der Waals surface area contributed by atoms with Gasteiger partial charge in [0.25, 0.3) is 0 Å². The van der Waals surface area contributed by atoms with Crippen LogP contribution in [0.3, 0.4) is 0 Å². The van der Waals surface area contributed by atoms with Gasteiger partial charge < -0.3 is 15.2 Å². The molecule has 2 amide bonds. The van der Waals surface area contributed by atoms with Crippen LogP contribution in [0.5, 0.6) is 11.5 Å². The molecule has 3 N–H and O–H groups in total. The predicted octanol–water partition coefficient (Wildman–Crippen LogP) is 2.75. The van der Waals surface area contributed by atoms with Gasteiger partial charge in [-0.25, -0.2) is 13.6 Å². The van der Waals surface area contributed by atoms with Gasteiger partial charge in [-0.1, -0.05) is 6.07 Å². The van der Waals surface area contributed by atoms with Crippen molar-refractivity contribution in [2.24, 2.45) is 5.73 Å². The minimum Gasteiger partial charge on any atom is -0.490 e. The maximum absolute atomic E-state index is 13.6. The number of hydrogen-bond donors (Lipinski definition) is 2. The fourth-order valence-corrected chi connectivity index (χ4v) is 2.44. The number of hydroxylamine groups is 2. The summed E-state index contributed by atoms with van der Waals surface area (Å²) in [5.74, 6) is -0.651. The molecule has 126 valence electrons. The molecule has 8 heteroatoms. The highest BCUT2D eigenvalue weighted by atomic mass is 19.1. The Labute approximate surface area is 136 Å². The summed E-state index contributed by atoms with van der Waals surface area (Å²) in [6.45, 7) is -0.242. The first kappa shape index (κ1) is 16.0. The van der Waals surface area contributed by atoms with E-state index in [-0.39, 0.29) is 18.8 Å². The minimum atomic E-state index is -0.994. The molecule has 0 fully saturated rings. The topological polar surface area (TPSA) is 85.0 Å². The highest BCUT2D eigenvalue weighted by Crippen LogP contribution is 2.38. The van der Waals surface area contributed by atoms with E-state index in [0.717, 1.165) is 12.1 Å². The van der Waals surface area contributed by atoms with Crippen molar-refractivity contribution < 1.29 is 28.3 Å². The number of nitrogens with zero attached hydrogens (tertiary/aromatic N) is 1. The van der Waals surface area contributed by atoms with Crippen LogP contribution >= 0.6 is 0 Å². The molecular formula is C16H14F2N2O4. The number of urea groups is 1. The highest BCUT2D eigenvalue weighted by Gasteiger charge is 2.31. The molecule has 6 nitrogen and oxygen atoms in total. The summed E-state index contributed by atoms with van der Waals surface area (Å²) < 4.78 is 37.9. The molecule has 24 heavy (non-hydrogen) atoms. The summed E-state index contributed by atoms with van der Waals surface area (Å²) in [5, 5.41) is 10.0. The van der Waals surface area contributed by atoms with Crippen LogP contribution in [0, 0.1) is 11.6 Å². The number of primary amides is 1. The van der Waals surface area contributed by atoms with Gasteiger partial charge in [-0.15, -0.1) is 0 Å². The molecule has 0 bridgehead atoms. The Bertz CT molecular complexity index is 764. The molecule has 2 aromatic rings. The smallest absolute Gasteiger partial charge is 0.339 e. The van der Waals surface area contributed by atoms with Gasteiger partial charge in [0, 0.05) is 11.6 Å². The molecule has 0 saturated heterocycles. The SMILES string of the molecule is NC(=O)N(O)[C@@H]1COc2cc(OCc3c(F)cccc3F)ccc21. The Hall–Kier alpha value is -2.87. The second-order valence-corrected chi connectivity index (χ2v) is 5.20. The maximum atomic E-state index is 13.6. The monoisotopic (exact) mass is 336 g/mol. The molecule has 0 radical (unpaired) electrons. The van der Waals surface area contributed by atoms with Crippen LogP contribution in [-0.4, -0.2) is 22.9 Å². The van der Waals surface area contributed by atoms with E-state index in [1.54, 1.807) is 12.1 Å². The lowest BCUT2D eigenvalue weighted by Crippen LogP contribution is -2.36. The number of carbonyl (C=O) groups is 1. The van der Waals surface area contributed by atoms with E-state index in [1.165, 1.54) is 12.1 Å². The third kappa shape index (κ3) is 2.95. The van der Waals surface area contributed by atoms with Crippen LogP contribution in [0.2, 0.25) is 0 Å². The van der Waals surface area contributed by atoms with Crippen LogP contribution in [0.4, 0.5) is 13.6 Å². The number of fused-ring (bicyclic) bond motifs is 1. The van der Waals surface area contributed by atoms with Crippen molar-refractivity contribution in [3.8, 4) is 11.5 Å². The van der Waals surface area contributed by atoms with Gasteiger partial charge >= 0.3 is 6.03 Å². The van der Waals surface area contributed by atoms with Gasteiger partial charge in [-0.05, 0) is 24.3 Å². The van der Waals surface area contributed by atoms with E-state index in [9.17, 15) is 18.8 Å². The van der Waals surface area contributed by atoms with Gasteiger partial charge in [-0.2, -0.15) is 5.06 Å². The van der Waals surface area contributed by atoms with E-state index in [4.69, 9.17) is 15.2 Å². The van der Waals surface area contributed by atoms with Crippen molar-refractivity contribution in [2.75, 3.05) is 6.61 Å². The molecule has 0 aromatic heterocycles. The fourth-order valence-electron chi connectivity index (χ4n) is 2.44. The number of halogens is 2. The maximum Gasteiger partial charge on any atom is 0.339 e. The van der Waals surface area contributed by atoms with Crippen LogP contribution in [0.1, 0.15) is 17.2 Å². The molecule has 1 aliphatic rings. The second kappa shape index (κ2) is 6.32. The lowest BCUT2D eigenvalue weighted by Gasteiger charge is -2.18. The van der Waals surface area contributed by atoms with Gasteiger partial charge in [0.1, 0.15) is 42.4 Å². The minimum absolute atomic E-state index is 0.0418. The number of hydrogen-bond acceptors (Lipinski definition) is 4. The summed E-state index contributed by atoms with van der Waals surface area (Å²) in [4.78, 5) is 11.0. The fraction of sp³-hybridized carbons (Fsp3) is 0.188. The van der Waals surface area contributed by atoms with Crippen molar-refractivity contribution in [3.05, 3.63) is 59.2 Å². The Kier molecular flexibility index (Phi) is 4.22. The first-order chi connectivity index (χ1) is 11.5. The second-order valence-electron chi connectivity index (χ2n) is 5.20. The van der Waals surface area contributed by atoms with E-state index >= 15 is 0 Å². The van der Waals surface area contributed by atoms with Crippen LogP contribution in [-0.2, 0) is 6.61 Å². The predicted molar refractivity (Wildman–Crippen MR) is 78.6 cm³/mol. The Morgan fingerprint density at radius 2 is 2.04 bits per heavy atom. The third-order valence-electron chi connectivity index (χ3n) is 3.71. The van der Waals surface area contributed by atoms with Crippen molar-refractivity contribution in [2.45, 2.75) is 12.6 Å². The molecular weight excluding hydrogens is 322 g/mol. The summed E-state index contributed by atoms with van der Waals surface area (Å²) in [6.07, 6.45) is 0. The molecule has 0 spiro atoms. The number of ether oxygens (including phenoxy) is 2. The first-order valence-corrected chi connectivity index (χ1v) is 7.07. The third-order valence-corrected chi connectivity index (χ3v) is 3.71. The van der Waals surface area contributed by atoms with E-state index in [2.05, 4.69) is 0 Å². The number of nitrogens with two attached hydrogens (primary N) is 1. The van der Waals surface area contributed by atoms with E-state index < -0.39 is 23.7 Å². The zero-order valence-electron chi connectivity index (χ0n) is 12.4. The van der Waals surface area contributed by atoms with Crippen molar-refractivity contribution in [3.63, 3.8) is 0 Å². The van der Waals surface area contributed by atoms with Gasteiger partial charge in [0.15, 0.2) is 0 Å². The van der Waals surface area contributed by atoms with Gasteiger partial charge in [0.2, 0.25) is 0 Å². The average molecular weight is 336 g/mol. The van der Waals surface area contributed by atoms with Crippen LogP contribution < -0.4 is 15.2 Å². The van der Waals surface area contributed by atoms with Crippen molar-refractivity contribution in [1.29, 1.82) is 0 Å². The highest BCUT2D eigenvalue weighted by molar-refractivity contribution is 5.71. The molecule has 1 heterocycles. The average Bonchev–Trinajstić information content (AvgIpc) is 2.96. The van der Waals surface area contributed by atoms with Crippen LogP contribution in [0.15, 0.2) is 36.4 Å². The largest absolute Gasteiger partial charge is 0.490 e. The zero-order chi connectivity index (χ0) is 17.3. The van der Waals surface area contributed by atoms with E-state index in [1.807, 2.05) is 0 Å². The zero-order valence-corrected chi connectivity index (χ0v) is 12.4.